The second-order valence-corrected chi connectivity index (χ2v) is 13.9. The molecule has 0 spiro atoms. The van der Waals surface area contributed by atoms with Gasteiger partial charge < -0.3 is 25.0 Å². The van der Waals surface area contributed by atoms with Gasteiger partial charge in [0, 0.05) is 37.2 Å². The number of benzene rings is 1. The Labute approximate surface area is 252 Å². The average Bonchev–Trinajstić information content (AvgIpc) is 3.30. The third kappa shape index (κ3) is 6.05. The van der Waals surface area contributed by atoms with Gasteiger partial charge in [-0.2, -0.15) is 5.06 Å². The summed E-state index contributed by atoms with van der Waals surface area (Å²) >= 11 is 2.28. The van der Waals surface area contributed by atoms with Gasteiger partial charge >= 0.3 is 0 Å². The number of morpholine rings is 1. The zero-order valence-electron chi connectivity index (χ0n) is 24.2. The maximum Gasteiger partial charge on any atom is 0.240 e. The maximum atomic E-state index is 13.9. The van der Waals surface area contributed by atoms with Gasteiger partial charge in [-0.25, -0.2) is 0 Å². The molecule has 5 fully saturated rings. The third-order valence-corrected chi connectivity index (χ3v) is 11.0. The van der Waals surface area contributed by atoms with E-state index in [1.54, 1.807) is 12.0 Å². The van der Waals surface area contributed by atoms with Crippen molar-refractivity contribution >= 4 is 28.5 Å². The lowest BCUT2D eigenvalue weighted by Crippen LogP contribution is -2.62. The summed E-state index contributed by atoms with van der Waals surface area (Å²) < 4.78 is 12.7. The zero-order chi connectivity index (χ0) is 28.6. The molecule has 2 heterocycles. The summed E-state index contributed by atoms with van der Waals surface area (Å²) in [7, 11) is 0. The van der Waals surface area contributed by atoms with Gasteiger partial charge in [-0.3, -0.25) is 14.5 Å². The molecule has 10 heteroatoms. The summed E-state index contributed by atoms with van der Waals surface area (Å²) in [6.07, 6.45) is 0.725. The molecule has 2 saturated heterocycles. The minimum atomic E-state index is -0.825. The van der Waals surface area contributed by atoms with Crippen molar-refractivity contribution in [2.75, 3.05) is 46.1 Å². The van der Waals surface area contributed by atoms with Gasteiger partial charge in [0.1, 0.15) is 24.5 Å². The van der Waals surface area contributed by atoms with E-state index in [1.165, 1.54) is 6.42 Å². The summed E-state index contributed by atoms with van der Waals surface area (Å²) in [6.45, 7) is 13.3. The maximum absolute atomic E-state index is 13.9. The van der Waals surface area contributed by atoms with Crippen LogP contribution in [-0.4, -0.2) is 96.4 Å². The van der Waals surface area contributed by atoms with E-state index < -0.39 is 24.2 Å². The molecule has 9 nitrogen and oxygen atoms in total. The van der Waals surface area contributed by atoms with Crippen LogP contribution < -0.4 is 10.1 Å². The Kier molecular flexibility index (Phi) is 9.66. The molecular formula is C30H46IN3O6. The van der Waals surface area contributed by atoms with Crippen LogP contribution in [0, 0.1) is 32.7 Å². The van der Waals surface area contributed by atoms with Crippen LogP contribution in [0.15, 0.2) is 18.2 Å². The number of rotatable bonds is 10. The van der Waals surface area contributed by atoms with E-state index in [0.717, 1.165) is 54.2 Å². The summed E-state index contributed by atoms with van der Waals surface area (Å²) in [6, 6.07) is 5.35. The largest absolute Gasteiger partial charge is 0.491 e. The van der Waals surface area contributed by atoms with E-state index in [-0.39, 0.29) is 18.6 Å². The van der Waals surface area contributed by atoms with E-state index in [4.69, 9.17) is 14.3 Å². The standard InChI is InChI=1S/C30H46IN3O6/c1-18-22-14-21(30(22,3)4)15-24(18)32-29(37)27-26(19(2)36)25(17-35)40-34(27)16-20-6-5-7-23(31)28(20)39-13-10-33-8-11-38-12-9-33/h5-7,18-19,21-22,24-27,35-36H,8-17H2,1-4H3,(H,32,37)/t18?,19-,21+,22?,24-,25?,26+,27-/m0/s1. The number of aliphatic hydroxyl groups is 2. The first kappa shape index (κ1) is 30.4. The van der Waals surface area contributed by atoms with Crippen LogP contribution in [-0.2, 0) is 20.9 Å². The molecule has 224 valence electrons. The number of aliphatic hydroxyl groups excluding tert-OH is 2. The number of para-hydroxylation sites is 1. The number of halogens is 1. The van der Waals surface area contributed by atoms with Gasteiger partial charge in [0.05, 0.1) is 36.0 Å². The number of nitrogens with one attached hydrogen (secondary N) is 1. The number of nitrogens with zero attached hydrogens (tertiary/aromatic N) is 2. The fourth-order valence-corrected chi connectivity index (χ4v) is 8.30. The highest BCUT2D eigenvalue weighted by Gasteiger charge is 2.57. The molecule has 8 atom stereocenters. The van der Waals surface area contributed by atoms with Crippen molar-refractivity contribution in [3.8, 4) is 5.75 Å². The summed E-state index contributed by atoms with van der Waals surface area (Å²) in [5, 5.41) is 25.9. The lowest BCUT2D eigenvalue weighted by molar-refractivity contribution is -0.183. The van der Waals surface area contributed by atoms with Crippen LogP contribution in [0.3, 0.4) is 0 Å². The molecule has 3 N–H and O–H groups in total. The van der Waals surface area contributed by atoms with E-state index in [2.05, 4.69) is 53.6 Å². The lowest BCUT2D eigenvalue weighted by Gasteiger charge is -2.62. The average molecular weight is 672 g/mol. The Balaban J connectivity index is 1.31. The highest BCUT2D eigenvalue weighted by Crippen LogP contribution is 2.61. The molecule has 1 aromatic rings. The van der Waals surface area contributed by atoms with E-state index in [1.807, 2.05) is 18.2 Å². The second-order valence-electron chi connectivity index (χ2n) is 12.8. The van der Waals surface area contributed by atoms with Crippen LogP contribution in [0.4, 0.5) is 0 Å². The zero-order valence-corrected chi connectivity index (χ0v) is 26.4. The molecule has 3 saturated carbocycles. The Hall–Kier alpha value is -1.02. The molecule has 5 aliphatic rings. The fourth-order valence-electron chi connectivity index (χ4n) is 7.59. The normalized spacial score (nSPS) is 34.7. The molecule has 3 aliphatic carbocycles. The molecule has 2 aliphatic heterocycles. The first-order chi connectivity index (χ1) is 19.1. The van der Waals surface area contributed by atoms with Crippen LogP contribution in [0.25, 0.3) is 0 Å². The highest BCUT2D eigenvalue weighted by molar-refractivity contribution is 14.1. The summed E-state index contributed by atoms with van der Waals surface area (Å²) in [5.74, 6) is 1.70. The number of hydroxylamine groups is 2. The monoisotopic (exact) mass is 671 g/mol. The number of fused-ring (bicyclic) bond motifs is 2. The number of hydrogen-bond acceptors (Lipinski definition) is 8. The van der Waals surface area contributed by atoms with Gasteiger partial charge in [-0.05, 0) is 71.6 Å². The molecule has 0 radical (unpaired) electrons. The number of carbonyl (C=O) groups is 1. The quantitative estimate of drug-likeness (QED) is 0.327. The lowest BCUT2D eigenvalue weighted by atomic mass is 9.45. The number of hydrogen-bond donors (Lipinski definition) is 3. The van der Waals surface area contributed by atoms with E-state index in [0.29, 0.717) is 36.3 Å². The molecular weight excluding hydrogens is 625 g/mol. The summed E-state index contributed by atoms with van der Waals surface area (Å²) in [5.41, 5.74) is 1.24. The number of ether oxygens (including phenoxy) is 2. The van der Waals surface area contributed by atoms with Gasteiger partial charge in [-0.1, -0.05) is 32.9 Å². The SMILES string of the molecule is CC1C2C[C@H](C[C@@H]1NC(=O)[C@@H]1[C@H]([C@H](C)O)C(CO)ON1Cc1cccc(I)c1OCCN1CCOCC1)C2(C)C. The molecule has 6 rings (SSSR count). The fraction of sp³-hybridized carbons (Fsp3) is 0.767. The Morgan fingerprint density at radius 3 is 2.67 bits per heavy atom. The minimum Gasteiger partial charge on any atom is -0.491 e. The van der Waals surface area contributed by atoms with Crippen LogP contribution in [0.5, 0.6) is 5.75 Å². The van der Waals surface area contributed by atoms with Crippen molar-refractivity contribution in [2.24, 2.45) is 29.1 Å². The number of carbonyl (C=O) groups excluding carboxylic acids is 1. The Morgan fingerprint density at radius 1 is 1.27 bits per heavy atom. The first-order valence-corrected chi connectivity index (χ1v) is 15.9. The van der Waals surface area contributed by atoms with Crippen LogP contribution in [0.1, 0.15) is 46.1 Å². The molecule has 0 aromatic heterocycles. The Morgan fingerprint density at radius 2 is 2.02 bits per heavy atom. The van der Waals surface area contributed by atoms with Crippen molar-refractivity contribution in [3.05, 3.63) is 27.3 Å². The predicted octanol–water partition coefficient (Wildman–Crippen LogP) is 2.66. The molecule has 3 unspecified atom stereocenters. The van der Waals surface area contributed by atoms with E-state index in [9.17, 15) is 15.0 Å². The first-order valence-electron chi connectivity index (χ1n) is 14.8. The van der Waals surface area contributed by atoms with Gasteiger partial charge in [0.25, 0.3) is 0 Å². The van der Waals surface area contributed by atoms with E-state index >= 15 is 0 Å². The Bertz CT molecular complexity index is 1030. The molecule has 40 heavy (non-hydrogen) atoms. The van der Waals surface area contributed by atoms with Crippen molar-refractivity contribution < 1.29 is 29.3 Å². The summed E-state index contributed by atoms with van der Waals surface area (Å²) in [4.78, 5) is 22.5. The van der Waals surface area contributed by atoms with Crippen molar-refractivity contribution in [2.45, 2.75) is 71.4 Å². The van der Waals surface area contributed by atoms with Crippen molar-refractivity contribution in [3.63, 3.8) is 0 Å². The van der Waals surface area contributed by atoms with Crippen LogP contribution in [0.2, 0.25) is 0 Å². The highest BCUT2D eigenvalue weighted by atomic mass is 127. The topological polar surface area (TPSA) is 104 Å². The van der Waals surface area contributed by atoms with Crippen molar-refractivity contribution in [1.29, 1.82) is 0 Å². The van der Waals surface area contributed by atoms with Crippen molar-refractivity contribution in [1.82, 2.24) is 15.3 Å². The molecule has 1 amide bonds. The predicted molar refractivity (Wildman–Crippen MR) is 159 cm³/mol. The van der Waals surface area contributed by atoms with Crippen LogP contribution >= 0.6 is 22.6 Å². The smallest absolute Gasteiger partial charge is 0.240 e. The van der Waals surface area contributed by atoms with Gasteiger partial charge in [0.2, 0.25) is 5.91 Å². The third-order valence-electron chi connectivity index (χ3n) is 10.2. The molecule has 2 bridgehead atoms. The number of amides is 1. The molecule has 1 aromatic carbocycles. The van der Waals surface area contributed by atoms with Gasteiger partial charge in [-0.15, -0.1) is 0 Å². The van der Waals surface area contributed by atoms with Gasteiger partial charge in [0.15, 0.2) is 0 Å². The second kappa shape index (κ2) is 12.7. The minimum absolute atomic E-state index is 0.103.